The van der Waals surface area contributed by atoms with Crippen molar-refractivity contribution >= 4 is 21.8 Å². The smallest absolute Gasteiger partial charge is 0.267 e. The highest BCUT2D eigenvalue weighted by atomic mass is 32.2. The average molecular weight is 372 g/mol. The van der Waals surface area contributed by atoms with E-state index in [4.69, 9.17) is 0 Å². The zero-order valence-corrected chi connectivity index (χ0v) is 15.2. The van der Waals surface area contributed by atoms with Crippen LogP contribution in [0.4, 0.5) is 0 Å². The van der Waals surface area contributed by atoms with Crippen LogP contribution in [0.1, 0.15) is 24.0 Å². The van der Waals surface area contributed by atoms with Crippen molar-refractivity contribution in [3.05, 3.63) is 65.7 Å². The van der Waals surface area contributed by atoms with Crippen LogP contribution in [0.2, 0.25) is 0 Å². The molecule has 0 bridgehead atoms. The van der Waals surface area contributed by atoms with E-state index in [0.29, 0.717) is 0 Å². The lowest BCUT2D eigenvalue weighted by Crippen LogP contribution is -2.47. The Hall–Kier alpha value is -2.67. The van der Waals surface area contributed by atoms with Gasteiger partial charge in [-0.25, -0.2) is 12.7 Å². The summed E-state index contributed by atoms with van der Waals surface area (Å²) in [5.74, 6) is -1.01. The lowest BCUT2D eigenvalue weighted by molar-refractivity contribution is -0.130. The van der Waals surface area contributed by atoms with Crippen molar-refractivity contribution in [3.8, 4) is 0 Å². The highest BCUT2D eigenvalue weighted by molar-refractivity contribution is 7.89. The zero-order chi connectivity index (χ0) is 18.7. The van der Waals surface area contributed by atoms with E-state index in [2.05, 4.69) is 5.32 Å². The molecule has 0 radical (unpaired) electrons. The van der Waals surface area contributed by atoms with E-state index in [1.54, 1.807) is 18.2 Å². The first kappa shape index (κ1) is 18.1. The Morgan fingerprint density at radius 1 is 1.12 bits per heavy atom. The number of aryl methyl sites for hydroxylation is 1. The maximum atomic E-state index is 12.8. The van der Waals surface area contributed by atoms with E-state index in [1.807, 2.05) is 31.2 Å². The monoisotopic (exact) mass is 372 g/mol. The summed E-state index contributed by atoms with van der Waals surface area (Å²) in [6.45, 7) is 2.25. The number of hydrogen-bond donors (Lipinski definition) is 1. The third-order valence-electron chi connectivity index (χ3n) is 4.35. The van der Waals surface area contributed by atoms with Gasteiger partial charge in [-0.2, -0.15) is 0 Å². The van der Waals surface area contributed by atoms with E-state index in [1.165, 1.54) is 12.1 Å². The average Bonchev–Trinajstić information content (AvgIpc) is 3.04. The van der Waals surface area contributed by atoms with E-state index < -0.39 is 27.9 Å². The van der Waals surface area contributed by atoms with Crippen molar-refractivity contribution in [2.45, 2.75) is 37.2 Å². The fourth-order valence-electron chi connectivity index (χ4n) is 2.92. The molecule has 1 aliphatic heterocycles. The molecule has 7 heteroatoms. The van der Waals surface area contributed by atoms with Gasteiger partial charge in [0.1, 0.15) is 6.04 Å². The van der Waals surface area contributed by atoms with E-state index >= 15 is 0 Å². The number of carbonyl (C=O) groups excluding carboxylic acids is 2. The molecule has 0 spiro atoms. The number of amides is 2. The Kier molecular flexibility index (Phi) is 5.08. The Balaban J connectivity index is 1.77. The van der Waals surface area contributed by atoms with Crippen LogP contribution in [0.25, 0.3) is 0 Å². The zero-order valence-electron chi connectivity index (χ0n) is 14.4. The minimum atomic E-state index is -4.05. The van der Waals surface area contributed by atoms with Crippen LogP contribution in [-0.4, -0.2) is 30.6 Å². The highest BCUT2D eigenvalue weighted by Gasteiger charge is 2.44. The molecular formula is C19H20N2O4S. The number of hydrogen-bond acceptors (Lipinski definition) is 4. The largest absolute Gasteiger partial charge is 0.350 e. The van der Waals surface area contributed by atoms with Crippen molar-refractivity contribution in [1.82, 2.24) is 9.62 Å². The lowest BCUT2D eigenvalue weighted by atomic mass is 10.1. The van der Waals surface area contributed by atoms with Gasteiger partial charge in [0.15, 0.2) is 0 Å². The molecule has 1 aliphatic rings. The van der Waals surface area contributed by atoms with Gasteiger partial charge in [-0.3, -0.25) is 9.59 Å². The number of nitrogens with one attached hydrogen (secondary N) is 1. The minimum Gasteiger partial charge on any atom is -0.350 e. The number of rotatable bonds is 5. The Bertz CT molecular complexity index is 908. The second kappa shape index (κ2) is 7.29. The molecule has 0 aliphatic carbocycles. The Morgan fingerprint density at radius 2 is 1.77 bits per heavy atom. The molecular weight excluding hydrogens is 352 g/mol. The molecule has 0 saturated carbocycles. The SMILES string of the molecule is Cc1ccc(CNC(=O)C2CCC(=O)N2S(=O)(=O)c2ccccc2)cc1. The quantitative estimate of drug-likeness (QED) is 0.870. The summed E-state index contributed by atoms with van der Waals surface area (Å²) >= 11 is 0. The molecule has 26 heavy (non-hydrogen) atoms. The van der Waals surface area contributed by atoms with Crippen molar-refractivity contribution < 1.29 is 18.0 Å². The van der Waals surface area contributed by atoms with Crippen molar-refractivity contribution in [2.75, 3.05) is 0 Å². The lowest BCUT2D eigenvalue weighted by Gasteiger charge is -2.23. The van der Waals surface area contributed by atoms with Crippen molar-refractivity contribution in [2.24, 2.45) is 0 Å². The molecule has 6 nitrogen and oxygen atoms in total. The van der Waals surface area contributed by atoms with Crippen LogP contribution in [0.3, 0.4) is 0 Å². The van der Waals surface area contributed by atoms with Gasteiger partial charge in [-0.15, -0.1) is 0 Å². The van der Waals surface area contributed by atoms with Gasteiger partial charge >= 0.3 is 0 Å². The van der Waals surface area contributed by atoms with E-state index in [0.717, 1.165) is 15.4 Å². The standard InChI is InChI=1S/C19H20N2O4S/c1-14-7-9-15(10-8-14)13-20-19(23)17-11-12-18(22)21(17)26(24,25)16-5-3-2-4-6-16/h2-10,17H,11-13H2,1H3,(H,20,23). The predicted octanol–water partition coefficient (Wildman–Crippen LogP) is 1.99. The van der Waals surface area contributed by atoms with Crippen LogP contribution in [0.5, 0.6) is 0 Å². The van der Waals surface area contributed by atoms with Gasteiger partial charge in [0.25, 0.3) is 10.0 Å². The molecule has 1 saturated heterocycles. The summed E-state index contributed by atoms with van der Waals surface area (Å²) in [5, 5.41) is 2.74. The molecule has 1 N–H and O–H groups in total. The van der Waals surface area contributed by atoms with Gasteiger partial charge in [0.2, 0.25) is 11.8 Å². The van der Waals surface area contributed by atoms with Crippen molar-refractivity contribution in [3.63, 3.8) is 0 Å². The minimum absolute atomic E-state index is 0.00610. The highest BCUT2D eigenvalue weighted by Crippen LogP contribution is 2.27. The first-order valence-corrected chi connectivity index (χ1v) is 9.79. The fraction of sp³-hybridized carbons (Fsp3) is 0.263. The van der Waals surface area contributed by atoms with E-state index in [9.17, 15) is 18.0 Å². The third-order valence-corrected chi connectivity index (χ3v) is 6.19. The third kappa shape index (κ3) is 3.62. The molecule has 3 rings (SSSR count). The molecule has 1 atom stereocenters. The summed E-state index contributed by atoms with van der Waals surface area (Å²) in [5.41, 5.74) is 2.02. The second-order valence-corrected chi connectivity index (χ2v) is 8.08. The van der Waals surface area contributed by atoms with Crippen LogP contribution >= 0.6 is 0 Å². The number of benzene rings is 2. The topological polar surface area (TPSA) is 83.6 Å². The van der Waals surface area contributed by atoms with Crippen LogP contribution < -0.4 is 5.32 Å². The Morgan fingerprint density at radius 3 is 2.42 bits per heavy atom. The first-order valence-electron chi connectivity index (χ1n) is 8.35. The predicted molar refractivity (Wildman–Crippen MR) is 96.5 cm³/mol. The number of carbonyl (C=O) groups is 2. The Labute approximate surface area is 152 Å². The van der Waals surface area contributed by atoms with Gasteiger partial charge in [-0.05, 0) is 31.0 Å². The summed E-state index contributed by atoms with van der Waals surface area (Å²) in [4.78, 5) is 24.7. The molecule has 2 aromatic rings. The van der Waals surface area contributed by atoms with Gasteiger partial charge in [0.05, 0.1) is 4.90 Å². The number of nitrogens with zero attached hydrogens (tertiary/aromatic N) is 1. The van der Waals surface area contributed by atoms with Crippen LogP contribution in [0, 0.1) is 6.92 Å². The maximum Gasteiger partial charge on any atom is 0.267 e. The maximum absolute atomic E-state index is 12.8. The summed E-state index contributed by atoms with van der Waals surface area (Å²) in [7, 11) is -4.05. The molecule has 0 aromatic heterocycles. The molecule has 2 aromatic carbocycles. The molecule has 136 valence electrons. The van der Waals surface area contributed by atoms with Gasteiger partial charge in [0, 0.05) is 13.0 Å². The summed E-state index contributed by atoms with van der Waals surface area (Å²) < 4.78 is 26.3. The molecule has 1 unspecified atom stereocenters. The van der Waals surface area contributed by atoms with E-state index in [-0.39, 0.29) is 24.3 Å². The number of sulfonamides is 1. The molecule has 1 fully saturated rings. The van der Waals surface area contributed by atoms with Crippen LogP contribution in [-0.2, 0) is 26.2 Å². The molecule has 2 amide bonds. The van der Waals surface area contributed by atoms with Gasteiger partial charge < -0.3 is 5.32 Å². The first-order chi connectivity index (χ1) is 12.4. The summed E-state index contributed by atoms with van der Waals surface area (Å²) in [6.07, 6.45) is 0.222. The normalized spacial score (nSPS) is 17.3. The second-order valence-electron chi connectivity index (χ2n) is 6.27. The molecule has 1 heterocycles. The fourth-order valence-corrected chi connectivity index (χ4v) is 4.54. The van der Waals surface area contributed by atoms with Gasteiger partial charge in [-0.1, -0.05) is 48.0 Å². The summed E-state index contributed by atoms with van der Waals surface area (Å²) in [6, 6.07) is 14.3. The van der Waals surface area contributed by atoms with Crippen molar-refractivity contribution in [1.29, 1.82) is 0 Å². The van der Waals surface area contributed by atoms with Crippen LogP contribution in [0.15, 0.2) is 59.5 Å².